The molecule has 0 N–H and O–H groups in total. The van der Waals surface area contributed by atoms with E-state index in [-0.39, 0.29) is 10.6 Å². The molecule has 0 bridgehead atoms. The normalized spacial score (nSPS) is 10.5. The number of hydrogen-bond donors (Lipinski definition) is 0. The molecular formula is C10H11NO2. The van der Waals surface area contributed by atoms with Gasteiger partial charge >= 0.3 is 0 Å². The standard InChI is InChI=1S/C10H11NO2/c1-2-3-5-9-6-4-7-10(8-9)11(12)13/h2-4,6-8H,5H2,1H3/b3-2+. The molecule has 0 aliphatic heterocycles. The summed E-state index contributed by atoms with van der Waals surface area (Å²) in [4.78, 5) is 10.0. The minimum absolute atomic E-state index is 0.155. The largest absolute Gasteiger partial charge is 0.269 e. The molecule has 0 fully saturated rings. The second-order valence-electron chi connectivity index (χ2n) is 2.70. The van der Waals surface area contributed by atoms with Crippen molar-refractivity contribution in [2.24, 2.45) is 0 Å². The van der Waals surface area contributed by atoms with Crippen LogP contribution < -0.4 is 0 Å². The minimum Gasteiger partial charge on any atom is -0.258 e. The summed E-state index contributed by atoms with van der Waals surface area (Å²) in [5.41, 5.74) is 1.12. The Morgan fingerprint density at radius 2 is 2.31 bits per heavy atom. The highest BCUT2D eigenvalue weighted by atomic mass is 16.6. The van der Waals surface area contributed by atoms with E-state index in [2.05, 4.69) is 0 Å². The molecule has 3 heteroatoms. The van der Waals surface area contributed by atoms with E-state index in [0.717, 1.165) is 12.0 Å². The Bertz CT molecular complexity index is 331. The van der Waals surface area contributed by atoms with Gasteiger partial charge in [-0.2, -0.15) is 0 Å². The topological polar surface area (TPSA) is 43.1 Å². The SMILES string of the molecule is C/C=C/Cc1cccc([N+](=O)[O-])c1. The van der Waals surface area contributed by atoms with Crippen LogP contribution in [0.2, 0.25) is 0 Å². The number of nitrogens with zero attached hydrogens (tertiary/aromatic N) is 1. The van der Waals surface area contributed by atoms with Gasteiger partial charge in [-0.05, 0) is 18.9 Å². The second kappa shape index (κ2) is 4.40. The summed E-state index contributed by atoms with van der Waals surface area (Å²) in [6.07, 6.45) is 4.65. The fourth-order valence-corrected chi connectivity index (χ4v) is 1.05. The summed E-state index contributed by atoms with van der Waals surface area (Å²) >= 11 is 0. The van der Waals surface area contributed by atoms with Crippen LogP contribution in [0.25, 0.3) is 0 Å². The van der Waals surface area contributed by atoms with Gasteiger partial charge in [0.05, 0.1) is 4.92 Å². The number of allylic oxidation sites excluding steroid dienone is 2. The molecule has 13 heavy (non-hydrogen) atoms. The lowest BCUT2D eigenvalue weighted by Crippen LogP contribution is -1.89. The Morgan fingerprint density at radius 3 is 2.92 bits per heavy atom. The molecule has 0 amide bonds. The van der Waals surface area contributed by atoms with Crippen LogP contribution >= 0.6 is 0 Å². The number of nitro benzene ring substituents is 1. The maximum Gasteiger partial charge on any atom is 0.269 e. The number of nitro groups is 1. The van der Waals surface area contributed by atoms with Crippen LogP contribution in [0.4, 0.5) is 5.69 Å². The van der Waals surface area contributed by atoms with E-state index in [4.69, 9.17) is 0 Å². The van der Waals surface area contributed by atoms with Gasteiger partial charge in [0.1, 0.15) is 0 Å². The Kier molecular flexibility index (Phi) is 3.20. The Hall–Kier alpha value is -1.64. The number of hydrogen-bond acceptors (Lipinski definition) is 2. The second-order valence-corrected chi connectivity index (χ2v) is 2.70. The van der Waals surface area contributed by atoms with Crippen LogP contribution in [0.1, 0.15) is 12.5 Å². The van der Waals surface area contributed by atoms with Crippen LogP contribution in [-0.2, 0) is 6.42 Å². The molecule has 0 heterocycles. The van der Waals surface area contributed by atoms with Crippen molar-refractivity contribution >= 4 is 5.69 Å². The average molecular weight is 177 g/mol. The molecular weight excluding hydrogens is 166 g/mol. The first-order valence-electron chi connectivity index (χ1n) is 4.08. The molecule has 0 aliphatic carbocycles. The van der Waals surface area contributed by atoms with Crippen LogP contribution in [0, 0.1) is 10.1 Å². The van der Waals surface area contributed by atoms with Gasteiger partial charge in [0, 0.05) is 12.1 Å². The van der Waals surface area contributed by atoms with Crippen molar-refractivity contribution in [3.8, 4) is 0 Å². The number of rotatable bonds is 3. The van der Waals surface area contributed by atoms with E-state index in [1.807, 2.05) is 25.1 Å². The van der Waals surface area contributed by atoms with Gasteiger partial charge in [0.25, 0.3) is 5.69 Å². The number of non-ortho nitro benzene ring substituents is 1. The van der Waals surface area contributed by atoms with Gasteiger partial charge in [-0.3, -0.25) is 10.1 Å². The van der Waals surface area contributed by atoms with Gasteiger partial charge in [0.15, 0.2) is 0 Å². The zero-order valence-electron chi connectivity index (χ0n) is 7.43. The van der Waals surface area contributed by atoms with E-state index in [9.17, 15) is 10.1 Å². The van der Waals surface area contributed by atoms with Gasteiger partial charge in [-0.1, -0.05) is 24.3 Å². The van der Waals surface area contributed by atoms with Crippen molar-refractivity contribution in [1.29, 1.82) is 0 Å². The first kappa shape index (κ1) is 9.45. The molecule has 1 rings (SSSR count). The molecule has 1 aromatic carbocycles. The first-order valence-corrected chi connectivity index (χ1v) is 4.08. The summed E-state index contributed by atoms with van der Waals surface area (Å²) in [6.45, 7) is 1.93. The Morgan fingerprint density at radius 1 is 1.54 bits per heavy atom. The van der Waals surface area contributed by atoms with Gasteiger partial charge < -0.3 is 0 Å². The third-order valence-electron chi connectivity index (χ3n) is 1.71. The van der Waals surface area contributed by atoms with Gasteiger partial charge in [0.2, 0.25) is 0 Å². The Labute approximate surface area is 76.9 Å². The van der Waals surface area contributed by atoms with Gasteiger partial charge in [-0.25, -0.2) is 0 Å². The van der Waals surface area contributed by atoms with Crippen molar-refractivity contribution in [3.63, 3.8) is 0 Å². The fourth-order valence-electron chi connectivity index (χ4n) is 1.05. The molecule has 0 unspecified atom stereocenters. The van der Waals surface area contributed by atoms with E-state index >= 15 is 0 Å². The van der Waals surface area contributed by atoms with Crippen molar-refractivity contribution in [1.82, 2.24) is 0 Å². The van der Waals surface area contributed by atoms with E-state index in [0.29, 0.717) is 0 Å². The molecule has 68 valence electrons. The summed E-state index contributed by atoms with van der Waals surface area (Å²) in [7, 11) is 0. The first-order chi connectivity index (χ1) is 6.24. The third kappa shape index (κ3) is 2.71. The average Bonchev–Trinajstić information content (AvgIpc) is 2.15. The highest BCUT2D eigenvalue weighted by Gasteiger charge is 2.03. The minimum atomic E-state index is -0.376. The molecule has 0 atom stereocenters. The summed E-state index contributed by atoms with van der Waals surface area (Å²) in [5.74, 6) is 0. The van der Waals surface area contributed by atoms with Gasteiger partial charge in [-0.15, -0.1) is 0 Å². The highest BCUT2D eigenvalue weighted by molar-refractivity contribution is 5.35. The van der Waals surface area contributed by atoms with E-state index in [1.54, 1.807) is 12.1 Å². The summed E-state index contributed by atoms with van der Waals surface area (Å²) < 4.78 is 0. The zero-order chi connectivity index (χ0) is 9.68. The predicted molar refractivity (Wildman–Crippen MR) is 51.6 cm³/mol. The molecule has 1 aromatic rings. The van der Waals surface area contributed by atoms with Crippen molar-refractivity contribution in [2.75, 3.05) is 0 Å². The van der Waals surface area contributed by atoms with E-state index in [1.165, 1.54) is 6.07 Å². The Balaban J connectivity index is 2.85. The zero-order valence-corrected chi connectivity index (χ0v) is 7.43. The third-order valence-corrected chi connectivity index (χ3v) is 1.71. The lowest BCUT2D eigenvalue weighted by Gasteiger charge is -1.95. The lowest BCUT2D eigenvalue weighted by atomic mass is 10.1. The van der Waals surface area contributed by atoms with Crippen LogP contribution in [0.3, 0.4) is 0 Å². The number of benzene rings is 1. The van der Waals surface area contributed by atoms with Crippen molar-refractivity contribution < 1.29 is 4.92 Å². The fraction of sp³-hybridized carbons (Fsp3) is 0.200. The van der Waals surface area contributed by atoms with Crippen molar-refractivity contribution in [2.45, 2.75) is 13.3 Å². The van der Waals surface area contributed by atoms with Crippen LogP contribution in [0.5, 0.6) is 0 Å². The quantitative estimate of drug-likeness (QED) is 0.404. The molecule has 0 aliphatic rings. The highest BCUT2D eigenvalue weighted by Crippen LogP contribution is 2.13. The summed E-state index contributed by atoms with van der Waals surface area (Å²) in [6, 6.07) is 6.68. The van der Waals surface area contributed by atoms with Crippen LogP contribution in [-0.4, -0.2) is 4.92 Å². The van der Waals surface area contributed by atoms with E-state index < -0.39 is 0 Å². The monoisotopic (exact) mass is 177 g/mol. The maximum absolute atomic E-state index is 10.4. The van der Waals surface area contributed by atoms with Crippen LogP contribution in [0.15, 0.2) is 36.4 Å². The molecule has 0 radical (unpaired) electrons. The molecule has 0 aromatic heterocycles. The molecule has 3 nitrogen and oxygen atoms in total. The molecule has 0 spiro atoms. The predicted octanol–water partition coefficient (Wildman–Crippen LogP) is 2.71. The molecule has 0 saturated carbocycles. The lowest BCUT2D eigenvalue weighted by molar-refractivity contribution is -0.384. The summed E-state index contributed by atoms with van der Waals surface area (Å²) in [5, 5.41) is 10.4. The molecule has 0 saturated heterocycles. The van der Waals surface area contributed by atoms with Crippen molar-refractivity contribution in [3.05, 3.63) is 52.1 Å². The maximum atomic E-state index is 10.4. The smallest absolute Gasteiger partial charge is 0.258 e.